The maximum absolute atomic E-state index is 16.4. The van der Waals surface area contributed by atoms with Crippen LogP contribution in [-0.4, -0.2) is 80.6 Å². The normalized spacial score (nSPS) is 19.6. The Labute approximate surface area is 342 Å². The van der Waals surface area contributed by atoms with Gasteiger partial charge in [-0.15, -0.1) is 0 Å². The van der Waals surface area contributed by atoms with Crippen LogP contribution in [0, 0.1) is 18.6 Å². The van der Waals surface area contributed by atoms with Gasteiger partial charge in [-0.3, -0.25) is 23.7 Å². The van der Waals surface area contributed by atoms with Crippen molar-refractivity contribution in [3.8, 4) is 5.69 Å². The number of halogens is 6. The number of pyridine rings is 1. The first-order valence-electron chi connectivity index (χ1n) is 19.1. The van der Waals surface area contributed by atoms with Crippen molar-refractivity contribution in [2.45, 2.75) is 102 Å². The summed E-state index contributed by atoms with van der Waals surface area (Å²) in [5.41, 5.74) is 3.29. The molecule has 0 unspecified atom stereocenters. The minimum Gasteiger partial charge on any atom is -0.367 e. The van der Waals surface area contributed by atoms with E-state index in [-0.39, 0.29) is 74.1 Å². The smallest absolute Gasteiger partial charge is 0.268 e. The lowest BCUT2D eigenvalue weighted by molar-refractivity contribution is -0.180. The summed E-state index contributed by atoms with van der Waals surface area (Å²) in [6, 6.07) is 5.97. The molecule has 1 saturated heterocycles. The van der Waals surface area contributed by atoms with E-state index in [4.69, 9.17) is 27.1 Å². The van der Waals surface area contributed by atoms with Crippen molar-refractivity contribution in [3.63, 3.8) is 0 Å². The van der Waals surface area contributed by atoms with Gasteiger partial charge in [0.1, 0.15) is 17.5 Å². The maximum Gasteiger partial charge on any atom is 0.268 e. The summed E-state index contributed by atoms with van der Waals surface area (Å²) in [7, 11) is -3.90. The predicted octanol–water partition coefficient (Wildman–Crippen LogP) is 7.25. The molecule has 0 amide bonds. The summed E-state index contributed by atoms with van der Waals surface area (Å²) < 4.78 is 110. The lowest BCUT2D eigenvalue weighted by atomic mass is 9.81. The van der Waals surface area contributed by atoms with Crippen LogP contribution in [0.3, 0.4) is 0 Å². The summed E-state index contributed by atoms with van der Waals surface area (Å²) in [4.78, 5) is 26.4. The third-order valence-corrected chi connectivity index (χ3v) is 11.6. The van der Waals surface area contributed by atoms with Crippen molar-refractivity contribution in [2.75, 3.05) is 30.6 Å². The van der Waals surface area contributed by atoms with E-state index in [9.17, 15) is 26.0 Å². The van der Waals surface area contributed by atoms with Gasteiger partial charge in [-0.25, -0.2) is 40.3 Å². The molecular weight excluding hydrogens is 819 g/mol. The quantitative estimate of drug-likeness (QED) is 0.139. The Bertz CT molecular complexity index is 2610. The number of aryl methyl sites for hydroxylation is 1. The van der Waals surface area contributed by atoms with Crippen molar-refractivity contribution in [1.82, 2.24) is 29.2 Å². The van der Waals surface area contributed by atoms with Gasteiger partial charge >= 0.3 is 0 Å². The van der Waals surface area contributed by atoms with Crippen LogP contribution in [-0.2, 0) is 33.4 Å². The van der Waals surface area contributed by atoms with Crippen LogP contribution in [0.25, 0.3) is 27.6 Å². The number of anilines is 1. The molecule has 3 aromatic heterocycles. The fourth-order valence-corrected chi connectivity index (χ4v) is 9.36. The highest BCUT2D eigenvalue weighted by atomic mass is 35.5. The first-order chi connectivity index (χ1) is 27.3. The average molecular weight is 865 g/mol. The molecule has 318 valence electrons. The number of aromatic nitrogens is 5. The van der Waals surface area contributed by atoms with Gasteiger partial charge in [0, 0.05) is 38.5 Å². The average Bonchev–Trinajstić information content (AvgIpc) is 3.44. The molecule has 0 radical (unpaired) electrons. The first-order valence-corrected chi connectivity index (χ1v) is 21.4. The van der Waals surface area contributed by atoms with Crippen LogP contribution in [0.15, 0.2) is 41.2 Å². The minimum absolute atomic E-state index is 0.0346. The molecule has 4 heterocycles. The Hall–Kier alpha value is -4.23. The third-order valence-electron chi connectivity index (χ3n) is 10.7. The maximum atomic E-state index is 16.4. The Balaban J connectivity index is 1.45. The SMILES string of the molecule is Cc1cc(C2(F)CCC(F)(F)CC2)nc2nc([C@@H](N)Cc3cc(F)cc(F)c3)n(-c3ccc(Cl)c4c(NS(C)(=O)=O)nn(CCN5CC(C)(C)OC(C)(C)C5)c34)c(=O)c12. The Morgan fingerprint density at radius 1 is 0.932 bits per heavy atom. The molecule has 1 atom stereocenters. The van der Waals surface area contributed by atoms with Crippen molar-refractivity contribution >= 4 is 49.4 Å². The van der Waals surface area contributed by atoms with Crippen LogP contribution in [0.4, 0.5) is 27.8 Å². The molecule has 19 heteroatoms. The summed E-state index contributed by atoms with van der Waals surface area (Å²) in [6.45, 7) is 11.2. The number of hydrogen-bond donors (Lipinski definition) is 2. The Kier molecular flexibility index (Phi) is 10.9. The molecule has 59 heavy (non-hydrogen) atoms. The van der Waals surface area contributed by atoms with Gasteiger partial charge in [-0.2, -0.15) is 5.10 Å². The van der Waals surface area contributed by atoms with Crippen LogP contribution in [0.5, 0.6) is 0 Å². The molecule has 1 aliphatic heterocycles. The van der Waals surface area contributed by atoms with Gasteiger partial charge in [0.05, 0.1) is 62.7 Å². The fraction of sp³-hybridized carbons (Fsp3) is 0.500. The van der Waals surface area contributed by atoms with E-state index < -0.39 is 81.7 Å². The van der Waals surface area contributed by atoms with Crippen molar-refractivity contribution in [3.05, 3.63) is 86.1 Å². The van der Waals surface area contributed by atoms with E-state index in [1.165, 1.54) is 27.4 Å². The zero-order valence-corrected chi connectivity index (χ0v) is 35.0. The number of nitrogens with zero attached hydrogens (tertiary/aromatic N) is 6. The van der Waals surface area contributed by atoms with Gasteiger partial charge in [-0.1, -0.05) is 11.6 Å². The molecule has 12 nitrogen and oxygen atoms in total. The summed E-state index contributed by atoms with van der Waals surface area (Å²) in [6.07, 6.45) is -1.63. The molecule has 1 aliphatic carbocycles. The molecule has 5 aromatic rings. The van der Waals surface area contributed by atoms with Gasteiger partial charge in [0.25, 0.3) is 5.56 Å². The minimum atomic E-state index is -3.90. The molecule has 1 saturated carbocycles. The third kappa shape index (κ3) is 8.97. The van der Waals surface area contributed by atoms with Gasteiger partial charge < -0.3 is 10.5 Å². The monoisotopic (exact) mass is 864 g/mol. The molecule has 7 rings (SSSR count). The molecule has 2 aromatic carbocycles. The highest BCUT2D eigenvalue weighted by molar-refractivity contribution is 7.92. The summed E-state index contributed by atoms with van der Waals surface area (Å²) >= 11 is 6.80. The number of alkyl halides is 3. The lowest BCUT2D eigenvalue weighted by Crippen LogP contribution is -2.57. The number of rotatable bonds is 10. The predicted molar refractivity (Wildman–Crippen MR) is 216 cm³/mol. The van der Waals surface area contributed by atoms with E-state index in [1.54, 1.807) is 6.92 Å². The highest BCUT2D eigenvalue weighted by Gasteiger charge is 2.46. The van der Waals surface area contributed by atoms with Crippen LogP contribution in [0.2, 0.25) is 5.02 Å². The van der Waals surface area contributed by atoms with Gasteiger partial charge in [0.2, 0.25) is 15.9 Å². The number of morpholine rings is 1. The van der Waals surface area contributed by atoms with Crippen LogP contribution in [0.1, 0.15) is 82.1 Å². The molecule has 0 spiro atoms. The molecule has 0 bridgehead atoms. The van der Waals surface area contributed by atoms with Crippen molar-refractivity contribution < 1.29 is 35.1 Å². The summed E-state index contributed by atoms with van der Waals surface area (Å²) in [5, 5.41) is 4.89. The number of benzene rings is 2. The Morgan fingerprint density at radius 3 is 2.17 bits per heavy atom. The van der Waals surface area contributed by atoms with Crippen LogP contribution >= 0.6 is 11.6 Å². The van der Waals surface area contributed by atoms with E-state index in [2.05, 4.69) is 19.7 Å². The van der Waals surface area contributed by atoms with E-state index in [0.717, 1.165) is 18.4 Å². The lowest BCUT2D eigenvalue weighted by Gasteiger charge is -2.47. The number of sulfonamides is 1. The fourth-order valence-electron chi connectivity index (χ4n) is 8.62. The standard InChI is InChI=1S/C40H46ClF5N8O4S/c1-22-15-29(39(44)9-11-40(45,46)12-10-39)48-33-30(22)36(55)54(35(49-33)27(47)18-23-16-24(42)19-25(43)17-23)28-8-7-26(41)31-32(28)53(50-34(31)51-59(6,56)57)14-13-52-20-37(2,3)58-38(4,5)21-52/h7-8,15-17,19,27H,9-14,18,20-21,47H2,1-6H3,(H,50,51)/t27-/m0/s1. The summed E-state index contributed by atoms with van der Waals surface area (Å²) in [5.74, 6) is -4.98. The van der Waals surface area contributed by atoms with E-state index >= 15 is 9.18 Å². The number of nitrogens with two attached hydrogens (primary N) is 1. The van der Waals surface area contributed by atoms with Crippen molar-refractivity contribution in [1.29, 1.82) is 0 Å². The highest BCUT2D eigenvalue weighted by Crippen LogP contribution is 2.46. The number of fused-ring (bicyclic) bond motifs is 2. The van der Waals surface area contributed by atoms with Gasteiger partial charge in [-0.05, 0) is 95.3 Å². The van der Waals surface area contributed by atoms with E-state index in [0.29, 0.717) is 25.7 Å². The second-order valence-electron chi connectivity index (χ2n) is 17.1. The zero-order valence-electron chi connectivity index (χ0n) is 33.5. The largest absolute Gasteiger partial charge is 0.367 e. The second kappa shape index (κ2) is 15.0. The number of ether oxygens (including phenoxy) is 1. The molecular formula is C40H46ClF5N8O4S. The molecule has 3 N–H and O–H groups in total. The molecule has 2 fully saturated rings. The van der Waals surface area contributed by atoms with Crippen molar-refractivity contribution in [2.24, 2.45) is 5.73 Å². The van der Waals surface area contributed by atoms with E-state index in [1.807, 2.05) is 27.7 Å². The van der Waals surface area contributed by atoms with Gasteiger partial charge in [0.15, 0.2) is 17.1 Å². The number of hydrogen-bond acceptors (Lipinski definition) is 9. The zero-order chi connectivity index (χ0) is 43.0. The number of nitrogens with one attached hydrogen (secondary N) is 1. The first kappa shape index (κ1) is 42.9. The topological polar surface area (TPSA) is 150 Å². The Morgan fingerprint density at radius 2 is 1.56 bits per heavy atom. The van der Waals surface area contributed by atoms with Crippen LogP contribution < -0.4 is 16.0 Å². The second-order valence-corrected chi connectivity index (χ2v) is 19.3. The molecule has 2 aliphatic rings.